The molecular formula is C15H21NO2. The number of aliphatic hydroxyl groups excluding tert-OH is 1. The first-order valence-corrected chi connectivity index (χ1v) is 6.68. The Labute approximate surface area is 108 Å². The molecule has 1 aliphatic heterocycles. The van der Waals surface area contributed by atoms with E-state index in [-0.39, 0.29) is 17.9 Å². The molecule has 18 heavy (non-hydrogen) atoms. The van der Waals surface area contributed by atoms with Crippen molar-refractivity contribution in [2.24, 2.45) is 5.92 Å². The number of hydrogen-bond donors (Lipinski definition) is 1. The third-order valence-corrected chi connectivity index (χ3v) is 3.76. The van der Waals surface area contributed by atoms with Gasteiger partial charge in [0.2, 0.25) is 0 Å². The lowest BCUT2D eigenvalue weighted by Crippen LogP contribution is -2.44. The number of aryl methyl sites for hydroxylation is 1. The first-order chi connectivity index (χ1) is 8.61. The Hall–Kier alpha value is -1.35. The maximum atomic E-state index is 12.3. The lowest BCUT2D eigenvalue weighted by Gasteiger charge is -2.34. The number of nitrogens with zero attached hydrogens (tertiary/aromatic N) is 1. The van der Waals surface area contributed by atoms with Gasteiger partial charge in [-0.1, -0.05) is 26.0 Å². The molecule has 0 spiro atoms. The van der Waals surface area contributed by atoms with Gasteiger partial charge in [0, 0.05) is 18.7 Å². The van der Waals surface area contributed by atoms with Crippen LogP contribution in [0.1, 0.15) is 36.2 Å². The standard InChI is InChI=1S/C15H21NO2/c1-3-12-4-6-13(7-5-12)15(18)16-9-8-14(17)11(2)10-16/h4-7,11,14,17H,3,8-10H2,1-2H3. The van der Waals surface area contributed by atoms with Gasteiger partial charge in [-0.3, -0.25) is 4.79 Å². The van der Waals surface area contributed by atoms with Gasteiger partial charge in [0.25, 0.3) is 5.91 Å². The van der Waals surface area contributed by atoms with Gasteiger partial charge in [0.15, 0.2) is 0 Å². The zero-order valence-corrected chi connectivity index (χ0v) is 11.1. The number of carbonyl (C=O) groups is 1. The highest BCUT2D eigenvalue weighted by Crippen LogP contribution is 2.19. The predicted molar refractivity (Wildman–Crippen MR) is 71.5 cm³/mol. The summed E-state index contributed by atoms with van der Waals surface area (Å²) in [6.45, 7) is 5.39. The second-order valence-electron chi connectivity index (χ2n) is 5.13. The van der Waals surface area contributed by atoms with Gasteiger partial charge < -0.3 is 10.0 Å². The van der Waals surface area contributed by atoms with Crippen LogP contribution in [0.2, 0.25) is 0 Å². The summed E-state index contributed by atoms with van der Waals surface area (Å²) in [6.07, 6.45) is 1.40. The van der Waals surface area contributed by atoms with Crippen molar-refractivity contribution in [3.05, 3.63) is 35.4 Å². The van der Waals surface area contributed by atoms with Crippen molar-refractivity contribution < 1.29 is 9.90 Å². The lowest BCUT2D eigenvalue weighted by atomic mass is 9.96. The topological polar surface area (TPSA) is 40.5 Å². The molecule has 1 aromatic carbocycles. The van der Waals surface area contributed by atoms with Crippen LogP contribution in [-0.2, 0) is 6.42 Å². The molecule has 1 heterocycles. The minimum atomic E-state index is -0.267. The van der Waals surface area contributed by atoms with Crippen LogP contribution < -0.4 is 0 Å². The van der Waals surface area contributed by atoms with Gasteiger partial charge >= 0.3 is 0 Å². The van der Waals surface area contributed by atoms with Crippen LogP contribution in [0.15, 0.2) is 24.3 Å². The normalized spacial score (nSPS) is 24.1. The number of carbonyl (C=O) groups excluding carboxylic acids is 1. The van der Waals surface area contributed by atoms with Crippen molar-refractivity contribution in [2.45, 2.75) is 32.8 Å². The number of rotatable bonds is 2. The molecule has 3 nitrogen and oxygen atoms in total. The highest BCUT2D eigenvalue weighted by Gasteiger charge is 2.27. The van der Waals surface area contributed by atoms with Crippen LogP contribution in [0.25, 0.3) is 0 Å². The Bertz CT molecular complexity index is 413. The van der Waals surface area contributed by atoms with Gasteiger partial charge in [-0.05, 0) is 36.5 Å². The van der Waals surface area contributed by atoms with E-state index in [9.17, 15) is 9.90 Å². The van der Waals surface area contributed by atoms with Crippen molar-refractivity contribution in [1.29, 1.82) is 0 Å². The first kappa shape index (κ1) is 13.1. The largest absolute Gasteiger partial charge is 0.393 e. The van der Waals surface area contributed by atoms with Gasteiger partial charge in [-0.15, -0.1) is 0 Å². The van der Waals surface area contributed by atoms with E-state index < -0.39 is 0 Å². The molecule has 98 valence electrons. The summed E-state index contributed by atoms with van der Waals surface area (Å²) < 4.78 is 0. The molecule has 1 N–H and O–H groups in total. The molecule has 1 aliphatic rings. The molecule has 2 atom stereocenters. The summed E-state index contributed by atoms with van der Waals surface area (Å²) >= 11 is 0. The minimum Gasteiger partial charge on any atom is -0.393 e. The zero-order valence-electron chi connectivity index (χ0n) is 11.1. The van der Waals surface area contributed by atoms with E-state index in [0.29, 0.717) is 19.5 Å². The smallest absolute Gasteiger partial charge is 0.253 e. The Morgan fingerprint density at radius 2 is 2.06 bits per heavy atom. The fraction of sp³-hybridized carbons (Fsp3) is 0.533. The molecule has 2 rings (SSSR count). The van der Waals surface area contributed by atoms with Crippen molar-refractivity contribution in [3.8, 4) is 0 Å². The summed E-state index contributed by atoms with van der Waals surface area (Å²) in [5.41, 5.74) is 1.99. The van der Waals surface area contributed by atoms with E-state index in [2.05, 4.69) is 6.92 Å². The third-order valence-electron chi connectivity index (χ3n) is 3.76. The summed E-state index contributed by atoms with van der Waals surface area (Å²) in [5.74, 6) is 0.244. The average Bonchev–Trinajstić information content (AvgIpc) is 2.41. The highest BCUT2D eigenvalue weighted by atomic mass is 16.3. The number of hydrogen-bond acceptors (Lipinski definition) is 2. The first-order valence-electron chi connectivity index (χ1n) is 6.68. The molecule has 1 saturated heterocycles. The van der Waals surface area contributed by atoms with Crippen LogP contribution in [0.3, 0.4) is 0 Å². The van der Waals surface area contributed by atoms with E-state index in [1.54, 1.807) is 0 Å². The van der Waals surface area contributed by atoms with Crippen molar-refractivity contribution >= 4 is 5.91 Å². The lowest BCUT2D eigenvalue weighted by molar-refractivity contribution is 0.0297. The Morgan fingerprint density at radius 3 is 2.61 bits per heavy atom. The van der Waals surface area contributed by atoms with Crippen LogP contribution in [0.5, 0.6) is 0 Å². The molecule has 0 bridgehead atoms. The average molecular weight is 247 g/mol. The van der Waals surface area contributed by atoms with Crippen LogP contribution in [0, 0.1) is 5.92 Å². The molecule has 0 aromatic heterocycles. The molecule has 1 fully saturated rings. The molecule has 0 radical (unpaired) electrons. The molecule has 3 heteroatoms. The molecule has 2 unspecified atom stereocenters. The number of aliphatic hydroxyl groups is 1. The monoisotopic (exact) mass is 247 g/mol. The SMILES string of the molecule is CCc1ccc(C(=O)N2CCC(O)C(C)C2)cc1. The second kappa shape index (κ2) is 5.53. The summed E-state index contributed by atoms with van der Waals surface area (Å²) in [4.78, 5) is 14.1. The summed E-state index contributed by atoms with van der Waals surface area (Å²) in [5, 5.41) is 9.68. The Kier molecular flexibility index (Phi) is 4.02. The Morgan fingerprint density at radius 1 is 1.39 bits per heavy atom. The zero-order chi connectivity index (χ0) is 13.1. The fourth-order valence-electron chi connectivity index (χ4n) is 2.38. The van der Waals surface area contributed by atoms with Gasteiger partial charge in [-0.2, -0.15) is 0 Å². The fourth-order valence-corrected chi connectivity index (χ4v) is 2.38. The highest BCUT2D eigenvalue weighted by molar-refractivity contribution is 5.94. The van der Waals surface area contributed by atoms with Gasteiger partial charge in [-0.25, -0.2) is 0 Å². The number of benzene rings is 1. The molecule has 0 aliphatic carbocycles. The van der Waals surface area contributed by atoms with Crippen molar-refractivity contribution in [2.75, 3.05) is 13.1 Å². The van der Waals surface area contributed by atoms with E-state index in [4.69, 9.17) is 0 Å². The van der Waals surface area contributed by atoms with Crippen LogP contribution in [-0.4, -0.2) is 35.1 Å². The minimum absolute atomic E-state index is 0.0800. The second-order valence-corrected chi connectivity index (χ2v) is 5.13. The molecular weight excluding hydrogens is 226 g/mol. The van der Waals surface area contributed by atoms with Gasteiger partial charge in [0.1, 0.15) is 0 Å². The number of piperidine rings is 1. The van der Waals surface area contributed by atoms with Crippen molar-refractivity contribution in [1.82, 2.24) is 4.90 Å². The third kappa shape index (κ3) is 2.72. The molecule has 1 amide bonds. The summed E-state index contributed by atoms with van der Waals surface area (Å²) in [6, 6.07) is 7.82. The van der Waals surface area contributed by atoms with E-state index >= 15 is 0 Å². The maximum Gasteiger partial charge on any atom is 0.253 e. The van der Waals surface area contributed by atoms with E-state index in [0.717, 1.165) is 12.0 Å². The molecule has 0 saturated carbocycles. The van der Waals surface area contributed by atoms with Crippen molar-refractivity contribution in [3.63, 3.8) is 0 Å². The molecule has 1 aromatic rings. The quantitative estimate of drug-likeness (QED) is 0.869. The summed E-state index contributed by atoms with van der Waals surface area (Å²) in [7, 11) is 0. The maximum absolute atomic E-state index is 12.3. The van der Waals surface area contributed by atoms with Crippen LogP contribution in [0.4, 0.5) is 0 Å². The Balaban J connectivity index is 2.06. The number of likely N-dealkylation sites (tertiary alicyclic amines) is 1. The van der Waals surface area contributed by atoms with Crippen LogP contribution >= 0.6 is 0 Å². The van der Waals surface area contributed by atoms with E-state index in [1.807, 2.05) is 36.1 Å². The number of amides is 1. The van der Waals surface area contributed by atoms with Gasteiger partial charge in [0.05, 0.1) is 6.10 Å². The predicted octanol–water partition coefficient (Wildman–Crippen LogP) is 2.09. The van der Waals surface area contributed by atoms with E-state index in [1.165, 1.54) is 5.56 Å².